The van der Waals surface area contributed by atoms with E-state index in [0.717, 1.165) is 33.4 Å². The Hall–Kier alpha value is -4.90. The maximum atomic E-state index is 12.9. The van der Waals surface area contributed by atoms with Crippen LogP contribution in [-0.2, 0) is 46.2 Å². The summed E-state index contributed by atoms with van der Waals surface area (Å²) in [6, 6.07) is 22.0. The molecule has 0 unspecified atom stereocenters. The monoisotopic (exact) mass is 1280 g/mol. The fourth-order valence-electron chi connectivity index (χ4n) is 11.2. The number of phosphoric ester groups is 3. The van der Waals surface area contributed by atoms with Gasteiger partial charge in [-0.2, -0.15) is 0 Å². The molecule has 3 aliphatic heterocycles. The van der Waals surface area contributed by atoms with Gasteiger partial charge in [0.2, 0.25) is 0 Å². The van der Waals surface area contributed by atoms with Crippen LogP contribution in [0.25, 0.3) is 0 Å². The minimum atomic E-state index is -4.73. The second kappa shape index (κ2) is 24.6. The van der Waals surface area contributed by atoms with Gasteiger partial charge in [0.05, 0.1) is 0 Å². The van der Waals surface area contributed by atoms with E-state index in [4.69, 9.17) is 27.1 Å². The van der Waals surface area contributed by atoms with Crippen LogP contribution in [0.4, 0.5) is 0 Å². The van der Waals surface area contributed by atoms with Crippen LogP contribution in [0, 0.1) is 41.5 Å². The molecule has 0 aliphatic carbocycles. The van der Waals surface area contributed by atoms with E-state index in [0.29, 0.717) is 66.8 Å². The largest absolute Gasteiger partial charge is 3.00 e. The van der Waals surface area contributed by atoms with Crippen molar-refractivity contribution in [3.8, 4) is 34.5 Å². The van der Waals surface area contributed by atoms with Crippen molar-refractivity contribution in [2.75, 3.05) is 0 Å². The number of fused-ring (bicyclic) bond motifs is 6. The molecule has 3 heterocycles. The molecule has 0 aromatic heterocycles. The zero-order valence-corrected chi connectivity index (χ0v) is 59.7. The minimum Gasteiger partial charge on any atom is -0.736 e. The van der Waals surface area contributed by atoms with Gasteiger partial charge < -0.3 is 57.1 Å². The molecule has 474 valence electrons. The zero-order chi connectivity index (χ0) is 65.8. The predicted molar refractivity (Wildman–Crippen MR) is 344 cm³/mol. The Morgan fingerprint density at radius 3 is 0.500 bits per heavy atom. The van der Waals surface area contributed by atoms with Crippen LogP contribution >= 0.6 is 23.5 Å². The van der Waals surface area contributed by atoms with Crippen molar-refractivity contribution < 1.29 is 70.8 Å². The molecule has 6 aromatic carbocycles. The van der Waals surface area contributed by atoms with Crippen molar-refractivity contribution in [2.24, 2.45) is 0 Å². The number of aryl methyl sites for hydroxylation is 6. The van der Waals surface area contributed by atoms with Crippen molar-refractivity contribution in [3.05, 3.63) is 173 Å². The van der Waals surface area contributed by atoms with Crippen LogP contribution in [0.1, 0.15) is 243 Å². The maximum absolute atomic E-state index is 12.9. The van der Waals surface area contributed by atoms with Crippen LogP contribution in [0.3, 0.4) is 0 Å². The Labute approximate surface area is 533 Å². The molecule has 6 aromatic rings. The Morgan fingerprint density at radius 1 is 0.284 bits per heavy atom. The number of benzene rings is 6. The van der Waals surface area contributed by atoms with E-state index >= 15 is 0 Å². The maximum Gasteiger partial charge on any atom is 3.00 e. The van der Waals surface area contributed by atoms with E-state index in [1.54, 1.807) is 36.4 Å². The van der Waals surface area contributed by atoms with Crippen molar-refractivity contribution in [1.29, 1.82) is 0 Å². The first-order valence-electron chi connectivity index (χ1n) is 29.4. The van der Waals surface area contributed by atoms with Crippen molar-refractivity contribution >= 4 is 40.8 Å². The second-order valence-electron chi connectivity index (χ2n) is 30.0. The van der Waals surface area contributed by atoms with Crippen LogP contribution in [0.15, 0.2) is 72.8 Å². The summed E-state index contributed by atoms with van der Waals surface area (Å²) in [5.74, 6) is 0.908. The van der Waals surface area contributed by atoms with Crippen LogP contribution < -0.4 is 41.8 Å². The molecular weight excluding hydrogens is 1190 g/mol. The number of aliphatic hydroxyl groups is 3. The summed E-state index contributed by atoms with van der Waals surface area (Å²) < 4.78 is 71.5. The van der Waals surface area contributed by atoms with Gasteiger partial charge in [-0.25, -0.2) is 13.7 Å². The summed E-state index contributed by atoms with van der Waals surface area (Å²) in [5.41, 5.74) is 10.0. The van der Waals surface area contributed by atoms with Gasteiger partial charge >= 0.3 is 40.8 Å². The van der Waals surface area contributed by atoms with Crippen LogP contribution in [0.5, 0.6) is 34.5 Å². The fourth-order valence-corrected chi connectivity index (χ4v) is 13.9. The molecule has 0 saturated heterocycles. The number of rotatable bonds is 0. The molecule has 0 atom stereocenters. The summed E-state index contributed by atoms with van der Waals surface area (Å²) in [6.45, 7) is 47.1. The molecule has 0 radical (unpaired) electrons. The third-order valence-corrected chi connectivity index (χ3v) is 17.8. The molecule has 3 aliphatic rings. The summed E-state index contributed by atoms with van der Waals surface area (Å²) >= 11 is 0. The van der Waals surface area contributed by atoms with Crippen LogP contribution in [-0.4, -0.2) is 32.7 Å². The number of aliphatic hydroxyl groups excluding tert-OH is 3. The van der Waals surface area contributed by atoms with Crippen molar-refractivity contribution in [3.63, 3.8) is 0 Å². The first-order valence-corrected chi connectivity index (χ1v) is 33.7. The molecule has 0 saturated carbocycles. The molecule has 0 spiro atoms. The zero-order valence-electron chi connectivity index (χ0n) is 55.8. The molecule has 0 amide bonds. The molecule has 15 nitrogen and oxygen atoms in total. The first kappa shape index (κ1) is 72.2. The van der Waals surface area contributed by atoms with Gasteiger partial charge in [0, 0.05) is 66.8 Å². The fraction of sp³-hybridized carbons (Fsp3) is 0.478. The van der Waals surface area contributed by atoms with E-state index in [2.05, 4.69) is 0 Å². The van der Waals surface area contributed by atoms with Gasteiger partial charge in [0.25, 0.3) is 0 Å². The average Bonchev–Trinajstić information content (AvgIpc) is 0.767. The number of phosphoric acid groups is 3. The van der Waals surface area contributed by atoms with E-state index in [1.807, 2.05) is 203 Å². The SMILES string of the molecule is Cc1cc2c(c(C(C)(C)C)c1)OP(=O)([O-])Oc1c(cc(C)cc1C(C)(C)C)C2O.Cc1cc2c(c(C(C)(C)C)c1)OP(=O)([O-])Oc1c(cc(C)cc1C(C)(C)C)C2O.Cc1cc2c(c(C(C)(C)C)c1)OP(=O)([O-])Oc1c(cc(C)cc1C(C)(C)C)C2O.[Al+3]. The van der Waals surface area contributed by atoms with Crippen LogP contribution in [0.2, 0.25) is 0 Å². The standard InChI is InChI=1S/3C23H31O5P.Al/c3*1-13-9-15-19(24)16-10-14(2)12-18(23(6,7)8)21(16)28-29(25,26)27-20(15)17(11-13)22(3,4)5;/h3*9-12,19,24H,1-8H3,(H,25,26);/q;;;+3/p-3. The van der Waals surface area contributed by atoms with E-state index in [9.17, 15) is 43.7 Å². The van der Waals surface area contributed by atoms with E-state index in [-0.39, 0.29) is 84.3 Å². The van der Waals surface area contributed by atoms with Gasteiger partial charge in [-0.05, 0) is 110 Å². The molecule has 3 N–H and O–H groups in total. The quantitative estimate of drug-likeness (QED) is 0.0947. The van der Waals surface area contributed by atoms with Gasteiger partial charge in [0.15, 0.2) is 0 Å². The summed E-state index contributed by atoms with van der Waals surface area (Å²) in [6.07, 6.45) is -3.24. The molecule has 88 heavy (non-hydrogen) atoms. The minimum absolute atomic E-state index is 0. The number of hydrogen-bond acceptors (Lipinski definition) is 15. The smallest absolute Gasteiger partial charge is 0.736 e. The Kier molecular flexibility index (Phi) is 20.2. The molecule has 0 fully saturated rings. The molecule has 0 bridgehead atoms. The third kappa shape index (κ3) is 15.9. The first-order chi connectivity index (χ1) is 39.3. The van der Waals surface area contributed by atoms with Gasteiger partial charge in [-0.15, -0.1) is 0 Å². The van der Waals surface area contributed by atoms with Crippen molar-refractivity contribution in [2.45, 2.75) is 217 Å². The molecular formula is C69H90AlO15P3. The summed E-state index contributed by atoms with van der Waals surface area (Å²) in [4.78, 5) is 38.7. The van der Waals surface area contributed by atoms with Crippen molar-refractivity contribution in [1.82, 2.24) is 0 Å². The normalized spacial score (nSPS) is 21.7. The predicted octanol–water partition coefficient (Wildman–Crippen LogP) is 15.3. The third-order valence-electron chi connectivity index (χ3n) is 15.4. The number of hydrogen-bond donors (Lipinski definition) is 3. The van der Waals surface area contributed by atoms with Gasteiger partial charge in [-0.3, -0.25) is 0 Å². The Balaban J connectivity index is 0.000000209. The topological polar surface area (TPSA) is 236 Å². The summed E-state index contributed by atoms with van der Waals surface area (Å²) in [5, 5.41) is 34.1. The van der Waals surface area contributed by atoms with Gasteiger partial charge in [-0.1, -0.05) is 194 Å². The Morgan fingerprint density at radius 2 is 0.398 bits per heavy atom. The summed E-state index contributed by atoms with van der Waals surface area (Å²) in [7, 11) is -14.2. The van der Waals surface area contributed by atoms with E-state index in [1.165, 1.54) is 0 Å². The van der Waals surface area contributed by atoms with E-state index < -0.39 is 41.8 Å². The molecule has 9 rings (SSSR count). The molecule has 19 heteroatoms. The Bertz CT molecular complexity index is 3200. The average molecular weight is 1280 g/mol. The van der Waals surface area contributed by atoms with Gasteiger partial charge in [0.1, 0.15) is 52.8 Å². The second-order valence-corrected chi connectivity index (χ2v) is 33.8.